The first kappa shape index (κ1) is 21.8. The SMILES string of the molecule is O=C(O)CCNC(=O)CCN1C(=O)/C(=C/c2ccccc2OC(F)F)SC1=S. The molecule has 11 heteroatoms. The van der Waals surface area contributed by atoms with Crippen LogP contribution in [0.1, 0.15) is 18.4 Å². The van der Waals surface area contributed by atoms with Crippen molar-refractivity contribution >= 4 is 52.2 Å². The number of halogens is 2. The lowest BCUT2D eigenvalue weighted by molar-refractivity contribution is -0.137. The molecular weight excluding hydrogens is 414 g/mol. The number of nitrogens with zero attached hydrogens (tertiary/aromatic N) is 1. The molecule has 0 aliphatic carbocycles. The largest absolute Gasteiger partial charge is 0.481 e. The van der Waals surface area contributed by atoms with E-state index in [1.54, 1.807) is 6.07 Å². The molecule has 1 fully saturated rings. The maximum atomic E-state index is 12.5. The van der Waals surface area contributed by atoms with Gasteiger partial charge >= 0.3 is 12.6 Å². The molecule has 1 aliphatic rings. The van der Waals surface area contributed by atoms with Gasteiger partial charge in [0, 0.05) is 25.1 Å². The van der Waals surface area contributed by atoms with Crippen molar-refractivity contribution in [1.82, 2.24) is 10.2 Å². The van der Waals surface area contributed by atoms with Crippen LogP contribution in [0.25, 0.3) is 6.08 Å². The molecule has 0 radical (unpaired) electrons. The summed E-state index contributed by atoms with van der Waals surface area (Å²) in [7, 11) is 0. The molecule has 0 bridgehead atoms. The van der Waals surface area contributed by atoms with Gasteiger partial charge in [-0.3, -0.25) is 19.3 Å². The van der Waals surface area contributed by atoms with Gasteiger partial charge in [-0.05, 0) is 12.1 Å². The number of benzene rings is 1. The van der Waals surface area contributed by atoms with Gasteiger partial charge in [-0.2, -0.15) is 8.78 Å². The predicted octanol–water partition coefficient (Wildman–Crippen LogP) is 2.47. The molecule has 2 N–H and O–H groups in total. The van der Waals surface area contributed by atoms with Crippen LogP contribution in [0.4, 0.5) is 8.78 Å². The van der Waals surface area contributed by atoms with Crippen molar-refractivity contribution < 1.29 is 33.0 Å². The molecule has 150 valence electrons. The van der Waals surface area contributed by atoms with E-state index in [0.29, 0.717) is 5.56 Å². The molecule has 2 amide bonds. The summed E-state index contributed by atoms with van der Waals surface area (Å²) in [6, 6.07) is 6.04. The van der Waals surface area contributed by atoms with E-state index in [-0.39, 0.29) is 40.9 Å². The molecule has 0 spiro atoms. The Bertz CT molecular complexity index is 816. The minimum Gasteiger partial charge on any atom is -0.481 e. The lowest BCUT2D eigenvalue weighted by Gasteiger charge is -2.14. The Morgan fingerprint density at radius 2 is 2.04 bits per heavy atom. The average molecular weight is 430 g/mol. The first-order valence-corrected chi connectivity index (χ1v) is 9.28. The monoisotopic (exact) mass is 430 g/mol. The fraction of sp³-hybridized carbons (Fsp3) is 0.294. The smallest absolute Gasteiger partial charge is 0.387 e. The predicted molar refractivity (Wildman–Crippen MR) is 103 cm³/mol. The zero-order valence-electron chi connectivity index (χ0n) is 14.4. The first-order valence-electron chi connectivity index (χ1n) is 8.05. The second-order valence-electron chi connectivity index (χ2n) is 5.49. The number of thioether (sulfide) groups is 1. The van der Waals surface area contributed by atoms with Crippen molar-refractivity contribution in [3.8, 4) is 5.75 Å². The van der Waals surface area contributed by atoms with E-state index < -0.39 is 24.4 Å². The summed E-state index contributed by atoms with van der Waals surface area (Å²) in [5.41, 5.74) is 0.301. The van der Waals surface area contributed by atoms with E-state index in [1.807, 2.05) is 0 Å². The van der Waals surface area contributed by atoms with Crippen molar-refractivity contribution in [3.63, 3.8) is 0 Å². The lowest BCUT2D eigenvalue weighted by atomic mass is 10.2. The highest BCUT2D eigenvalue weighted by molar-refractivity contribution is 8.26. The molecule has 2 rings (SSSR count). The minimum absolute atomic E-state index is 0.00656. The van der Waals surface area contributed by atoms with Crippen LogP contribution in [0.5, 0.6) is 5.75 Å². The van der Waals surface area contributed by atoms with Gasteiger partial charge < -0.3 is 15.2 Å². The molecule has 1 saturated heterocycles. The van der Waals surface area contributed by atoms with Gasteiger partial charge in [-0.15, -0.1) is 0 Å². The van der Waals surface area contributed by atoms with Gasteiger partial charge in [0.15, 0.2) is 0 Å². The molecular formula is C17H16F2N2O5S2. The van der Waals surface area contributed by atoms with Crippen LogP contribution in [0.15, 0.2) is 29.2 Å². The first-order chi connectivity index (χ1) is 13.3. The number of rotatable bonds is 9. The molecule has 0 aromatic heterocycles. The molecule has 1 aliphatic heterocycles. The summed E-state index contributed by atoms with van der Waals surface area (Å²) in [6.45, 7) is -2.98. The highest BCUT2D eigenvalue weighted by Crippen LogP contribution is 2.34. The van der Waals surface area contributed by atoms with Gasteiger partial charge in [0.1, 0.15) is 10.1 Å². The summed E-state index contributed by atoms with van der Waals surface area (Å²) in [5.74, 6) is -1.95. The number of amides is 2. The third-order valence-corrected chi connectivity index (χ3v) is 4.90. The van der Waals surface area contributed by atoms with Crippen molar-refractivity contribution in [2.45, 2.75) is 19.5 Å². The Kier molecular flexibility index (Phi) is 7.88. The van der Waals surface area contributed by atoms with Gasteiger partial charge in [0.2, 0.25) is 5.91 Å². The van der Waals surface area contributed by atoms with E-state index >= 15 is 0 Å². The molecule has 0 unspecified atom stereocenters. The number of aliphatic carboxylic acids is 1. The Morgan fingerprint density at radius 1 is 1.32 bits per heavy atom. The molecule has 0 saturated carbocycles. The van der Waals surface area contributed by atoms with E-state index in [9.17, 15) is 23.2 Å². The van der Waals surface area contributed by atoms with Crippen molar-refractivity contribution in [2.24, 2.45) is 0 Å². The molecule has 28 heavy (non-hydrogen) atoms. The maximum absolute atomic E-state index is 12.5. The third kappa shape index (κ3) is 6.27. The summed E-state index contributed by atoms with van der Waals surface area (Å²) >= 11 is 6.15. The summed E-state index contributed by atoms with van der Waals surface area (Å²) in [4.78, 5) is 36.1. The Morgan fingerprint density at radius 3 is 2.71 bits per heavy atom. The average Bonchev–Trinajstić information content (AvgIpc) is 2.87. The number of carbonyl (C=O) groups excluding carboxylic acids is 2. The van der Waals surface area contributed by atoms with Gasteiger partial charge in [-0.25, -0.2) is 0 Å². The highest BCUT2D eigenvalue weighted by atomic mass is 32.2. The van der Waals surface area contributed by atoms with Gasteiger partial charge in [-0.1, -0.05) is 42.2 Å². The number of carboxylic acid groups (broad SMARTS) is 1. The molecule has 7 nitrogen and oxygen atoms in total. The van der Waals surface area contributed by atoms with E-state index in [2.05, 4.69) is 10.1 Å². The number of hydrogen-bond donors (Lipinski definition) is 2. The van der Waals surface area contributed by atoms with Crippen LogP contribution in [0.2, 0.25) is 0 Å². The lowest BCUT2D eigenvalue weighted by Crippen LogP contribution is -2.34. The maximum Gasteiger partial charge on any atom is 0.387 e. The zero-order valence-corrected chi connectivity index (χ0v) is 16.0. The van der Waals surface area contributed by atoms with E-state index in [4.69, 9.17) is 17.3 Å². The number of carboxylic acids is 1. The second-order valence-corrected chi connectivity index (χ2v) is 7.17. The number of para-hydroxylation sites is 1. The number of alkyl halides is 2. The number of nitrogens with one attached hydrogen (secondary N) is 1. The Hall–Kier alpha value is -2.53. The van der Waals surface area contributed by atoms with E-state index in [1.165, 1.54) is 29.2 Å². The highest BCUT2D eigenvalue weighted by Gasteiger charge is 2.32. The molecule has 1 heterocycles. The minimum atomic E-state index is -3.00. The van der Waals surface area contributed by atoms with Crippen LogP contribution in [-0.2, 0) is 14.4 Å². The van der Waals surface area contributed by atoms with Crippen molar-refractivity contribution in [2.75, 3.05) is 13.1 Å². The number of thiocarbonyl (C=S) groups is 1. The summed E-state index contributed by atoms with van der Waals surface area (Å²) in [5, 5.41) is 11.0. The van der Waals surface area contributed by atoms with E-state index in [0.717, 1.165) is 11.8 Å². The third-order valence-electron chi connectivity index (χ3n) is 3.52. The van der Waals surface area contributed by atoms with Crippen LogP contribution in [-0.4, -0.2) is 51.8 Å². The fourth-order valence-electron chi connectivity index (χ4n) is 2.25. The number of ether oxygens (including phenoxy) is 1. The van der Waals surface area contributed by atoms with Crippen LogP contribution < -0.4 is 10.1 Å². The standard InChI is InChI=1S/C17H16F2N2O5S2/c18-16(19)26-11-4-2-1-3-10(11)9-12-15(25)21(17(27)28-12)8-6-13(22)20-7-5-14(23)24/h1-4,9,16H,5-8H2,(H,20,22)(H,23,24)/b12-9-. The fourth-order valence-corrected chi connectivity index (χ4v) is 3.55. The Balaban J connectivity index is 2.01. The number of hydrogen-bond acceptors (Lipinski definition) is 6. The quantitative estimate of drug-likeness (QED) is 0.459. The summed E-state index contributed by atoms with van der Waals surface area (Å²) in [6.07, 6.45) is 1.16. The normalized spacial score (nSPS) is 15.4. The molecule has 1 aromatic rings. The second kappa shape index (κ2) is 10.1. The molecule has 0 atom stereocenters. The zero-order chi connectivity index (χ0) is 20.7. The number of carbonyl (C=O) groups is 3. The summed E-state index contributed by atoms with van der Waals surface area (Å²) < 4.78 is 29.7. The molecule has 1 aromatic carbocycles. The van der Waals surface area contributed by atoms with Crippen molar-refractivity contribution in [3.05, 3.63) is 34.7 Å². The van der Waals surface area contributed by atoms with Crippen LogP contribution >= 0.6 is 24.0 Å². The van der Waals surface area contributed by atoms with Gasteiger partial charge in [0.05, 0.1) is 11.3 Å². The van der Waals surface area contributed by atoms with Crippen LogP contribution in [0, 0.1) is 0 Å². The van der Waals surface area contributed by atoms with Crippen LogP contribution in [0.3, 0.4) is 0 Å². The topological polar surface area (TPSA) is 95.9 Å². The van der Waals surface area contributed by atoms with Crippen molar-refractivity contribution in [1.29, 1.82) is 0 Å². The Labute approximate surface area is 168 Å². The van der Waals surface area contributed by atoms with Gasteiger partial charge in [0.25, 0.3) is 5.91 Å².